The Hall–Kier alpha value is -0.400. The van der Waals surface area contributed by atoms with Gasteiger partial charge in [0.25, 0.3) is 0 Å². The molecule has 23 heavy (non-hydrogen) atoms. The van der Waals surface area contributed by atoms with Crippen LogP contribution in [0.4, 0.5) is 0 Å². The Morgan fingerprint density at radius 2 is 1.13 bits per heavy atom. The molecule has 2 rings (SSSR count). The smallest absolute Gasteiger partial charge is 0.111 e. The average molecular weight is 339 g/mol. The third kappa shape index (κ3) is 3.66. The summed E-state index contributed by atoms with van der Waals surface area (Å²) in [6.45, 7) is -1.04. The third-order valence-corrected chi connectivity index (χ3v) is 4.63. The van der Waals surface area contributed by atoms with Crippen LogP contribution in [0.1, 0.15) is 6.42 Å². The Morgan fingerprint density at radius 3 is 1.70 bits per heavy atom. The molecule has 2 aliphatic rings. The summed E-state index contributed by atoms with van der Waals surface area (Å²) in [7, 11) is 0. The lowest BCUT2D eigenvalue weighted by atomic mass is 9.85. The van der Waals surface area contributed by atoms with E-state index < -0.39 is 74.1 Å². The monoisotopic (exact) mass is 339 g/mol. The summed E-state index contributed by atoms with van der Waals surface area (Å²) in [6.07, 6.45) is -10.9. The number of aliphatic hydroxyl groups excluding tert-OH is 8. The van der Waals surface area contributed by atoms with Crippen LogP contribution in [0, 0.1) is 0 Å². The van der Waals surface area contributed by atoms with E-state index in [9.17, 15) is 35.7 Å². The first-order chi connectivity index (χ1) is 10.8. The molecular formula is C13H25NO9. The molecule has 0 bridgehead atoms. The molecule has 2 fully saturated rings. The van der Waals surface area contributed by atoms with E-state index in [1.807, 2.05) is 0 Å². The minimum Gasteiger partial charge on any atom is -0.395 e. The van der Waals surface area contributed by atoms with Crippen molar-refractivity contribution >= 4 is 0 Å². The van der Waals surface area contributed by atoms with Gasteiger partial charge in [0.15, 0.2) is 0 Å². The molecule has 6 unspecified atom stereocenters. The summed E-state index contributed by atoms with van der Waals surface area (Å²) in [6, 6.07) is -1.71. The van der Waals surface area contributed by atoms with Crippen molar-refractivity contribution in [3.8, 4) is 0 Å². The zero-order valence-corrected chi connectivity index (χ0v) is 12.4. The largest absolute Gasteiger partial charge is 0.395 e. The molecule has 0 radical (unpaired) electrons. The lowest BCUT2D eigenvalue weighted by Crippen LogP contribution is -2.67. The van der Waals surface area contributed by atoms with Gasteiger partial charge in [0.1, 0.15) is 30.5 Å². The van der Waals surface area contributed by atoms with Crippen LogP contribution < -0.4 is 5.32 Å². The maximum Gasteiger partial charge on any atom is 0.111 e. The molecular weight excluding hydrogens is 314 g/mol. The SMILES string of the molecule is OCC1N[C@@H](C[C@H]2OC(CO)[C@@H](O)C(O)C2O)C(O)C(O)[C@H]1O. The Balaban J connectivity index is 2.07. The van der Waals surface area contributed by atoms with Gasteiger partial charge in [-0.05, 0) is 6.42 Å². The normalized spacial score (nSPS) is 51.7. The predicted molar refractivity (Wildman–Crippen MR) is 74.2 cm³/mol. The maximum absolute atomic E-state index is 10.0. The van der Waals surface area contributed by atoms with E-state index >= 15 is 0 Å². The van der Waals surface area contributed by atoms with Gasteiger partial charge < -0.3 is 50.9 Å². The Bertz CT molecular complexity index is 348. The lowest BCUT2D eigenvalue weighted by molar-refractivity contribution is -0.235. The van der Waals surface area contributed by atoms with Gasteiger partial charge in [-0.25, -0.2) is 0 Å². The highest BCUT2D eigenvalue weighted by Crippen LogP contribution is 2.27. The first kappa shape index (κ1) is 18.9. The zero-order chi connectivity index (χ0) is 17.3. The van der Waals surface area contributed by atoms with Crippen molar-refractivity contribution in [2.75, 3.05) is 13.2 Å². The van der Waals surface area contributed by atoms with Crippen LogP contribution in [-0.4, -0.2) is 115 Å². The van der Waals surface area contributed by atoms with Crippen molar-refractivity contribution in [1.29, 1.82) is 0 Å². The molecule has 0 aromatic heterocycles. The van der Waals surface area contributed by atoms with Crippen molar-refractivity contribution in [2.24, 2.45) is 0 Å². The number of ether oxygens (including phenoxy) is 1. The van der Waals surface area contributed by atoms with Crippen LogP contribution in [0.15, 0.2) is 0 Å². The Labute approximate surface area is 132 Å². The standard InChI is InChI=1S/C13H25NO9/c15-2-5-9(18)12(21)8(17)4(14-5)1-6-10(19)13(22)11(20)7(3-16)23-6/h4-22H,1-3H2/t4-,5?,6+,7?,8?,9-,10?,11+,12?,13?/m0/s1. The van der Waals surface area contributed by atoms with E-state index in [0.717, 1.165) is 0 Å². The highest BCUT2D eigenvalue weighted by atomic mass is 16.5. The fraction of sp³-hybridized carbons (Fsp3) is 1.00. The average Bonchev–Trinajstić information content (AvgIpc) is 2.55. The van der Waals surface area contributed by atoms with Crippen LogP contribution in [0.5, 0.6) is 0 Å². The summed E-state index contributed by atoms with van der Waals surface area (Å²) in [5.41, 5.74) is 0. The van der Waals surface area contributed by atoms with E-state index in [4.69, 9.17) is 9.84 Å². The van der Waals surface area contributed by atoms with Crippen molar-refractivity contribution < 1.29 is 45.6 Å². The minimum atomic E-state index is -1.53. The molecule has 0 aliphatic carbocycles. The first-order valence-corrected chi connectivity index (χ1v) is 7.53. The van der Waals surface area contributed by atoms with E-state index in [1.165, 1.54) is 0 Å². The Morgan fingerprint density at radius 1 is 0.609 bits per heavy atom. The molecule has 0 saturated carbocycles. The molecule has 10 nitrogen and oxygen atoms in total. The fourth-order valence-corrected chi connectivity index (χ4v) is 3.14. The molecule has 9 N–H and O–H groups in total. The van der Waals surface area contributed by atoms with Crippen molar-refractivity contribution in [2.45, 2.75) is 67.3 Å². The molecule has 2 aliphatic heterocycles. The molecule has 0 aromatic rings. The van der Waals surface area contributed by atoms with Gasteiger partial charge >= 0.3 is 0 Å². The topological polar surface area (TPSA) is 183 Å². The second kappa shape index (κ2) is 7.66. The quantitative estimate of drug-likeness (QED) is 0.240. The van der Waals surface area contributed by atoms with Crippen molar-refractivity contribution in [3.05, 3.63) is 0 Å². The number of hydrogen-bond donors (Lipinski definition) is 9. The van der Waals surface area contributed by atoms with E-state index in [1.54, 1.807) is 0 Å². The van der Waals surface area contributed by atoms with Gasteiger partial charge in [-0.15, -0.1) is 0 Å². The number of rotatable bonds is 4. The fourth-order valence-electron chi connectivity index (χ4n) is 3.14. The summed E-state index contributed by atoms with van der Waals surface area (Å²) >= 11 is 0. The molecule has 2 saturated heterocycles. The third-order valence-electron chi connectivity index (χ3n) is 4.63. The second-order valence-electron chi connectivity index (χ2n) is 6.14. The summed E-state index contributed by atoms with van der Waals surface area (Å²) in [5, 5.41) is 80.1. The van der Waals surface area contributed by atoms with Gasteiger partial charge in [0, 0.05) is 6.04 Å². The van der Waals surface area contributed by atoms with Crippen molar-refractivity contribution in [1.82, 2.24) is 5.32 Å². The summed E-state index contributed by atoms with van der Waals surface area (Å²) in [4.78, 5) is 0. The van der Waals surface area contributed by atoms with Gasteiger partial charge in [-0.3, -0.25) is 0 Å². The van der Waals surface area contributed by atoms with Crippen LogP contribution in [0.3, 0.4) is 0 Å². The van der Waals surface area contributed by atoms with Gasteiger partial charge in [-0.2, -0.15) is 0 Å². The van der Waals surface area contributed by atoms with E-state index in [0.29, 0.717) is 0 Å². The number of piperidine rings is 1. The number of nitrogens with one attached hydrogen (secondary N) is 1. The van der Waals surface area contributed by atoms with E-state index in [-0.39, 0.29) is 6.42 Å². The Kier molecular flexibility index (Phi) is 6.30. The van der Waals surface area contributed by atoms with Crippen LogP contribution in [0.2, 0.25) is 0 Å². The predicted octanol–water partition coefficient (Wildman–Crippen LogP) is -5.37. The molecule has 10 heteroatoms. The summed E-state index contributed by atoms with van der Waals surface area (Å²) < 4.78 is 5.34. The van der Waals surface area contributed by atoms with Crippen LogP contribution in [0.25, 0.3) is 0 Å². The highest BCUT2D eigenvalue weighted by Gasteiger charge is 2.47. The molecule has 0 spiro atoms. The van der Waals surface area contributed by atoms with Gasteiger partial charge in [-0.1, -0.05) is 0 Å². The minimum absolute atomic E-state index is 0.0805. The molecule has 136 valence electrons. The highest BCUT2D eigenvalue weighted by molar-refractivity contribution is 5.01. The first-order valence-electron chi connectivity index (χ1n) is 7.53. The molecule has 0 aromatic carbocycles. The second-order valence-corrected chi connectivity index (χ2v) is 6.14. The molecule has 0 amide bonds. The van der Waals surface area contributed by atoms with Gasteiger partial charge in [0.2, 0.25) is 0 Å². The number of hydrogen-bond acceptors (Lipinski definition) is 10. The summed E-state index contributed by atoms with van der Waals surface area (Å²) in [5.74, 6) is 0. The maximum atomic E-state index is 10.0. The van der Waals surface area contributed by atoms with Crippen molar-refractivity contribution in [3.63, 3.8) is 0 Å². The van der Waals surface area contributed by atoms with Gasteiger partial charge in [0.05, 0.1) is 37.6 Å². The number of aliphatic hydroxyl groups is 8. The zero-order valence-electron chi connectivity index (χ0n) is 12.4. The van der Waals surface area contributed by atoms with Crippen LogP contribution in [-0.2, 0) is 4.74 Å². The molecule has 2 heterocycles. The van der Waals surface area contributed by atoms with Crippen LogP contribution >= 0.6 is 0 Å². The lowest BCUT2D eigenvalue weighted by Gasteiger charge is -2.45. The van der Waals surface area contributed by atoms with E-state index in [2.05, 4.69) is 5.32 Å². The molecule has 10 atom stereocenters.